The molecule has 1 aromatic heterocycles. The van der Waals surface area contributed by atoms with E-state index in [4.69, 9.17) is 10.00 Å². The van der Waals surface area contributed by atoms with E-state index >= 15 is 0 Å². The van der Waals surface area contributed by atoms with Gasteiger partial charge in [-0.15, -0.1) is 0 Å². The minimum atomic E-state index is 0.140. The lowest BCUT2D eigenvalue weighted by Crippen LogP contribution is -2.28. The summed E-state index contributed by atoms with van der Waals surface area (Å²) in [4.78, 5) is 4.26. The summed E-state index contributed by atoms with van der Waals surface area (Å²) in [6.45, 7) is 1.64. The van der Waals surface area contributed by atoms with Gasteiger partial charge in [-0.05, 0) is 30.5 Å². The SMILES string of the molecule is N#Cc1ccc(NC[C@H]2CCCO[C@@H]2c2ccccc2)nc1. The van der Waals surface area contributed by atoms with Crippen molar-refractivity contribution in [3.63, 3.8) is 0 Å². The second-order valence-electron chi connectivity index (χ2n) is 5.53. The topological polar surface area (TPSA) is 57.9 Å². The van der Waals surface area contributed by atoms with Gasteiger partial charge in [-0.1, -0.05) is 30.3 Å². The Morgan fingerprint density at radius 2 is 2.09 bits per heavy atom. The van der Waals surface area contributed by atoms with Gasteiger partial charge < -0.3 is 10.1 Å². The molecule has 0 saturated carbocycles. The van der Waals surface area contributed by atoms with Crippen molar-refractivity contribution in [2.45, 2.75) is 18.9 Å². The summed E-state index contributed by atoms with van der Waals surface area (Å²) < 4.78 is 6.00. The van der Waals surface area contributed by atoms with Crippen molar-refractivity contribution >= 4 is 5.82 Å². The van der Waals surface area contributed by atoms with Crippen molar-refractivity contribution in [3.8, 4) is 6.07 Å². The molecule has 4 nitrogen and oxygen atoms in total. The van der Waals surface area contributed by atoms with E-state index in [1.54, 1.807) is 12.3 Å². The Morgan fingerprint density at radius 3 is 2.82 bits per heavy atom. The van der Waals surface area contributed by atoms with Gasteiger partial charge in [0.2, 0.25) is 0 Å². The Kier molecular flexibility index (Phi) is 4.67. The number of hydrogen-bond acceptors (Lipinski definition) is 4. The number of nitriles is 1. The number of nitrogens with one attached hydrogen (secondary N) is 1. The molecule has 0 aliphatic carbocycles. The molecule has 0 bridgehead atoms. The van der Waals surface area contributed by atoms with Crippen LogP contribution in [-0.4, -0.2) is 18.1 Å². The third-order valence-corrected chi connectivity index (χ3v) is 4.01. The van der Waals surface area contributed by atoms with Gasteiger partial charge in [0.1, 0.15) is 11.9 Å². The first kappa shape index (κ1) is 14.6. The van der Waals surface area contributed by atoms with Crippen LogP contribution in [0.5, 0.6) is 0 Å². The van der Waals surface area contributed by atoms with Crippen molar-refractivity contribution in [1.82, 2.24) is 4.98 Å². The van der Waals surface area contributed by atoms with E-state index in [1.165, 1.54) is 5.56 Å². The predicted molar refractivity (Wildman–Crippen MR) is 85.3 cm³/mol. The number of anilines is 1. The van der Waals surface area contributed by atoms with Gasteiger partial charge in [0.05, 0.1) is 11.7 Å². The zero-order valence-electron chi connectivity index (χ0n) is 12.4. The van der Waals surface area contributed by atoms with Gasteiger partial charge in [-0.2, -0.15) is 5.26 Å². The molecular formula is C18H19N3O. The summed E-state index contributed by atoms with van der Waals surface area (Å²) in [6, 6.07) is 16.1. The highest BCUT2D eigenvalue weighted by atomic mass is 16.5. The third kappa shape index (κ3) is 3.44. The molecule has 1 saturated heterocycles. The predicted octanol–water partition coefficient (Wildman–Crippen LogP) is 3.53. The summed E-state index contributed by atoms with van der Waals surface area (Å²) in [5.74, 6) is 1.23. The normalized spacial score (nSPS) is 21.0. The number of pyridine rings is 1. The highest BCUT2D eigenvalue weighted by molar-refractivity contribution is 5.39. The number of aromatic nitrogens is 1. The molecule has 1 aromatic carbocycles. The van der Waals surface area contributed by atoms with Crippen LogP contribution in [0.1, 0.15) is 30.1 Å². The molecule has 0 radical (unpaired) electrons. The van der Waals surface area contributed by atoms with E-state index in [2.05, 4.69) is 40.6 Å². The first-order chi connectivity index (χ1) is 10.9. The second-order valence-corrected chi connectivity index (χ2v) is 5.53. The highest BCUT2D eigenvalue weighted by Crippen LogP contribution is 2.33. The second kappa shape index (κ2) is 7.06. The quantitative estimate of drug-likeness (QED) is 0.937. The van der Waals surface area contributed by atoms with Crippen molar-refractivity contribution in [2.75, 3.05) is 18.5 Å². The lowest BCUT2D eigenvalue weighted by atomic mass is 9.89. The molecule has 1 aliphatic rings. The van der Waals surface area contributed by atoms with Gasteiger partial charge in [-0.3, -0.25) is 0 Å². The van der Waals surface area contributed by atoms with Crippen molar-refractivity contribution < 1.29 is 4.74 Å². The van der Waals surface area contributed by atoms with E-state index in [1.807, 2.05) is 12.1 Å². The molecule has 1 N–H and O–H groups in total. The average Bonchev–Trinajstić information content (AvgIpc) is 2.61. The Hall–Kier alpha value is -2.38. The van der Waals surface area contributed by atoms with Crippen LogP contribution in [0.4, 0.5) is 5.82 Å². The maximum absolute atomic E-state index is 8.80. The van der Waals surface area contributed by atoms with Crippen LogP contribution < -0.4 is 5.32 Å². The average molecular weight is 293 g/mol. The number of hydrogen-bond donors (Lipinski definition) is 1. The third-order valence-electron chi connectivity index (χ3n) is 4.01. The summed E-state index contributed by atoms with van der Waals surface area (Å²) in [6.07, 6.45) is 3.97. The molecule has 2 aromatic rings. The van der Waals surface area contributed by atoms with Crippen LogP contribution in [0.25, 0.3) is 0 Å². The van der Waals surface area contributed by atoms with E-state index < -0.39 is 0 Å². The van der Waals surface area contributed by atoms with Gasteiger partial charge in [0.25, 0.3) is 0 Å². The van der Waals surface area contributed by atoms with Gasteiger partial charge in [-0.25, -0.2) is 4.98 Å². The molecule has 3 rings (SSSR count). The van der Waals surface area contributed by atoms with E-state index in [0.29, 0.717) is 11.5 Å². The summed E-state index contributed by atoms with van der Waals surface area (Å²) in [7, 11) is 0. The Bertz CT molecular complexity index is 634. The largest absolute Gasteiger partial charge is 0.373 e. The molecule has 1 aliphatic heterocycles. The molecule has 4 heteroatoms. The molecule has 2 atom stereocenters. The monoisotopic (exact) mass is 293 g/mol. The van der Waals surface area contributed by atoms with Crippen molar-refractivity contribution in [2.24, 2.45) is 5.92 Å². The summed E-state index contributed by atoms with van der Waals surface area (Å²) in [5.41, 5.74) is 1.82. The standard InChI is InChI=1S/C18H19N3O/c19-11-14-8-9-17(20-12-14)21-13-16-7-4-10-22-18(16)15-5-2-1-3-6-15/h1-3,5-6,8-9,12,16,18H,4,7,10,13H2,(H,20,21)/t16-,18-/m1/s1. The Labute approximate surface area is 130 Å². The van der Waals surface area contributed by atoms with Gasteiger partial charge in [0, 0.05) is 25.3 Å². The Morgan fingerprint density at radius 1 is 1.23 bits per heavy atom. The molecule has 112 valence electrons. The zero-order chi connectivity index (χ0) is 15.2. The van der Waals surface area contributed by atoms with Crippen LogP contribution in [0.3, 0.4) is 0 Å². The minimum Gasteiger partial charge on any atom is -0.373 e. The fourth-order valence-electron chi connectivity index (χ4n) is 2.86. The first-order valence-electron chi connectivity index (χ1n) is 7.63. The first-order valence-corrected chi connectivity index (χ1v) is 7.63. The van der Waals surface area contributed by atoms with E-state index in [0.717, 1.165) is 31.8 Å². The lowest BCUT2D eigenvalue weighted by Gasteiger charge is -2.32. The maximum atomic E-state index is 8.80. The molecular weight excluding hydrogens is 274 g/mol. The zero-order valence-corrected chi connectivity index (χ0v) is 12.4. The molecule has 0 unspecified atom stereocenters. The van der Waals surface area contributed by atoms with Crippen LogP contribution in [-0.2, 0) is 4.74 Å². The maximum Gasteiger partial charge on any atom is 0.125 e. The van der Waals surface area contributed by atoms with E-state index in [-0.39, 0.29) is 6.10 Å². The molecule has 2 heterocycles. The molecule has 22 heavy (non-hydrogen) atoms. The number of nitrogens with zero attached hydrogens (tertiary/aromatic N) is 2. The van der Waals surface area contributed by atoms with Crippen LogP contribution >= 0.6 is 0 Å². The van der Waals surface area contributed by atoms with Crippen LogP contribution in [0, 0.1) is 17.2 Å². The molecule has 1 fully saturated rings. The fourth-order valence-corrected chi connectivity index (χ4v) is 2.86. The number of rotatable bonds is 4. The van der Waals surface area contributed by atoms with Crippen molar-refractivity contribution in [3.05, 3.63) is 59.8 Å². The van der Waals surface area contributed by atoms with Crippen molar-refractivity contribution in [1.29, 1.82) is 5.26 Å². The summed E-state index contributed by atoms with van der Waals surface area (Å²) in [5, 5.41) is 12.2. The number of benzene rings is 1. The van der Waals surface area contributed by atoms with Crippen LogP contribution in [0.2, 0.25) is 0 Å². The van der Waals surface area contributed by atoms with E-state index in [9.17, 15) is 0 Å². The molecule has 0 spiro atoms. The van der Waals surface area contributed by atoms with Crippen LogP contribution in [0.15, 0.2) is 48.7 Å². The summed E-state index contributed by atoms with van der Waals surface area (Å²) >= 11 is 0. The fraction of sp³-hybridized carbons (Fsp3) is 0.333. The van der Waals surface area contributed by atoms with Gasteiger partial charge >= 0.3 is 0 Å². The van der Waals surface area contributed by atoms with Gasteiger partial charge in [0.15, 0.2) is 0 Å². The lowest BCUT2D eigenvalue weighted by molar-refractivity contribution is -0.0238. The minimum absolute atomic E-state index is 0.140. The smallest absolute Gasteiger partial charge is 0.125 e. The number of ether oxygens (including phenoxy) is 1. The highest BCUT2D eigenvalue weighted by Gasteiger charge is 2.27. The Balaban J connectivity index is 1.65. The molecule has 0 amide bonds.